The Bertz CT molecular complexity index is 911. The zero-order valence-electron chi connectivity index (χ0n) is 14.1. The van der Waals surface area contributed by atoms with Crippen molar-refractivity contribution in [2.24, 2.45) is 0 Å². The monoisotopic (exact) mass is 366 g/mol. The highest BCUT2D eigenvalue weighted by Crippen LogP contribution is 2.30. The van der Waals surface area contributed by atoms with Gasteiger partial charge in [0.05, 0.1) is 15.5 Å². The molecule has 0 saturated carbocycles. The van der Waals surface area contributed by atoms with Gasteiger partial charge in [-0.2, -0.15) is 0 Å². The number of benzene rings is 2. The number of hydrogen-bond acceptors (Lipinski definition) is 5. The predicted molar refractivity (Wildman–Crippen MR) is 94.1 cm³/mol. The third kappa shape index (κ3) is 4.33. The summed E-state index contributed by atoms with van der Waals surface area (Å²) < 4.78 is 37.9. The van der Waals surface area contributed by atoms with E-state index in [9.17, 15) is 22.9 Å². The number of nitro benzene ring substituents is 1. The van der Waals surface area contributed by atoms with Crippen LogP contribution in [0, 0.1) is 15.9 Å². The van der Waals surface area contributed by atoms with Crippen LogP contribution >= 0.6 is 0 Å². The van der Waals surface area contributed by atoms with E-state index in [0.717, 1.165) is 12.3 Å². The number of nitro groups is 1. The molecular formula is C17H19FN2O4S. The molecule has 0 aliphatic rings. The van der Waals surface area contributed by atoms with Crippen molar-refractivity contribution in [2.75, 3.05) is 18.1 Å². The van der Waals surface area contributed by atoms with Crippen LogP contribution in [0.4, 0.5) is 15.8 Å². The van der Waals surface area contributed by atoms with Crippen LogP contribution in [-0.2, 0) is 15.3 Å². The summed E-state index contributed by atoms with van der Waals surface area (Å²) in [5, 5.41) is 13.9. The Balaban J connectivity index is 2.34. The fraction of sp³-hybridized carbons (Fsp3) is 0.294. The van der Waals surface area contributed by atoms with E-state index in [1.807, 2.05) is 13.8 Å². The Morgan fingerprint density at radius 1 is 1.20 bits per heavy atom. The van der Waals surface area contributed by atoms with Crippen molar-refractivity contribution >= 4 is 21.2 Å². The van der Waals surface area contributed by atoms with Crippen LogP contribution in [0.2, 0.25) is 0 Å². The zero-order chi connectivity index (χ0) is 18.8. The van der Waals surface area contributed by atoms with Crippen LogP contribution in [0.15, 0.2) is 47.4 Å². The normalized spacial score (nSPS) is 12.0. The van der Waals surface area contributed by atoms with E-state index < -0.39 is 20.2 Å². The first kappa shape index (κ1) is 18.9. The van der Waals surface area contributed by atoms with E-state index in [0.29, 0.717) is 5.56 Å². The van der Waals surface area contributed by atoms with Crippen molar-refractivity contribution in [2.45, 2.75) is 24.2 Å². The maximum Gasteiger partial charge on any atom is 0.270 e. The van der Waals surface area contributed by atoms with E-state index in [1.54, 1.807) is 18.2 Å². The Hall–Kier alpha value is -2.48. The molecule has 0 aliphatic heterocycles. The highest BCUT2D eigenvalue weighted by molar-refractivity contribution is 7.90. The molecule has 134 valence electrons. The quantitative estimate of drug-likeness (QED) is 0.624. The molecule has 0 unspecified atom stereocenters. The lowest BCUT2D eigenvalue weighted by atomic mass is 9.84. The topological polar surface area (TPSA) is 89.3 Å². The molecule has 1 N–H and O–H groups in total. The molecule has 0 bridgehead atoms. The molecule has 0 amide bonds. The van der Waals surface area contributed by atoms with Crippen LogP contribution < -0.4 is 5.32 Å². The second-order valence-electron chi connectivity index (χ2n) is 6.43. The molecule has 6 nitrogen and oxygen atoms in total. The van der Waals surface area contributed by atoms with Gasteiger partial charge in [0.1, 0.15) is 5.82 Å². The summed E-state index contributed by atoms with van der Waals surface area (Å²) in [6.07, 6.45) is 0.985. The molecular weight excluding hydrogens is 347 g/mol. The Morgan fingerprint density at radius 2 is 1.84 bits per heavy atom. The van der Waals surface area contributed by atoms with Gasteiger partial charge in [-0.05, 0) is 17.7 Å². The summed E-state index contributed by atoms with van der Waals surface area (Å²) >= 11 is 0. The lowest BCUT2D eigenvalue weighted by molar-refractivity contribution is -0.385. The highest BCUT2D eigenvalue weighted by Gasteiger charge is 2.25. The van der Waals surface area contributed by atoms with Gasteiger partial charge in [0.25, 0.3) is 5.69 Å². The van der Waals surface area contributed by atoms with Crippen LogP contribution in [0.25, 0.3) is 0 Å². The van der Waals surface area contributed by atoms with Gasteiger partial charge in [-0.15, -0.1) is 0 Å². The first-order valence-corrected chi connectivity index (χ1v) is 9.39. The molecule has 0 spiro atoms. The fourth-order valence-electron chi connectivity index (χ4n) is 2.50. The summed E-state index contributed by atoms with van der Waals surface area (Å²) in [6, 6.07) is 9.97. The van der Waals surface area contributed by atoms with E-state index in [2.05, 4.69) is 5.32 Å². The number of nitrogens with one attached hydrogen (secondary N) is 1. The number of non-ortho nitro benzene ring substituents is 1. The molecule has 0 heterocycles. The molecule has 0 atom stereocenters. The second-order valence-corrected chi connectivity index (χ2v) is 8.41. The number of hydrogen-bond donors (Lipinski definition) is 1. The van der Waals surface area contributed by atoms with Gasteiger partial charge < -0.3 is 5.32 Å². The largest absolute Gasteiger partial charge is 0.383 e. The van der Waals surface area contributed by atoms with Gasteiger partial charge in [0.15, 0.2) is 9.84 Å². The van der Waals surface area contributed by atoms with E-state index in [1.165, 1.54) is 18.2 Å². The minimum atomic E-state index is -3.67. The molecule has 2 aromatic rings. The molecule has 0 aromatic heterocycles. The van der Waals surface area contributed by atoms with E-state index >= 15 is 0 Å². The van der Waals surface area contributed by atoms with Crippen molar-refractivity contribution in [3.05, 3.63) is 64.0 Å². The average Bonchev–Trinajstić information content (AvgIpc) is 2.52. The summed E-state index contributed by atoms with van der Waals surface area (Å²) in [6.45, 7) is 3.89. The van der Waals surface area contributed by atoms with Crippen molar-refractivity contribution in [1.82, 2.24) is 0 Å². The van der Waals surface area contributed by atoms with Gasteiger partial charge in [0.2, 0.25) is 0 Å². The minimum Gasteiger partial charge on any atom is -0.383 e. The highest BCUT2D eigenvalue weighted by atomic mass is 32.2. The number of halogens is 1. The standard InChI is InChI=1S/C17H19FN2O4S/c1-17(2,13-6-4-5-7-14(13)18)11-19-15-9-8-12(20(21)22)10-16(15)25(3,23)24/h4-10,19H,11H2,1-3H3. The summed E-state index contributed by atoms with van der Waals surface area (Å²) in [4.78, 5) is 10.1. The van der Waals surface area contributed by atoms with E-state index in [-0.39, 0.29) is 28.6 Å². The second kappa shape index (κ2) is 6.79. The molecule has 0 fully saturated rings. The van der Waals surface area contributed by atoms with Gasteiger partial charge >= 0.3 is 0 Å². The van der Waals surface area contributed by atoms with Crippen LogP contribution in [0.5, 0.6) is 0 Å². The van der Waals surface area contributed by atoms with Crippen molar-refractivity contribution in [1.29, 1.82) is 0 Å². The van der Waals surface area contributed by atoms with Crippen LogP contribution in [0.1, 0.15) is 19.4 Å². The first-order valence-electron chi connectivity index (χ1n) is 7.50. The number of nitrogens with zero attached hydrogens (tertiary/aromatic N) is 1. The maximum absolute atomic E-state index is 14.0. The molecule has 0 radical (unpaired) electrons. The summed E-state index contributed by atoms with van der Waals surface area (Å²) in [7, 11) is -3.67. The number of rotatable bonds is 6. The zero-order valence-corrected chi connectivity index (χ0v) is 14.9. The van der Waals surface area contributed by atoms with Gasteiger partial charge in [-0.25, -0.2) is 12.8 Å². The molecule has 2 aromatic carbocycles. The van der Waals surface area contributed by atoms with Crippen LogP contribution in [-0.4, -0.2) is 26.1 Å². The maximum atomic E-state index is 14.0. The predicted octanol–water partition coefficient (Wildman–Crippen LogP) is 3.53. The fourth-order valence-corrected chi connectivity index (χ4v) is 3.37. The number of anilines is 1. The third-order valence-corrected chi connectivity index (χ3v) is 5.04. The smallest absolute Gasteiger partial charge is 0.270 e. The first-order chi connectivity index (χ1) is 11.5. The molecule has 25 heavy (non-hydrogen) atoms. The summed E-state index contributed by atoms with van der Waals surface area (Å²) in [5.41, 5.74) is -0.191. The lowest BCUT2D eigenvalue weighted by Crippen LogP contribution is -2.29. The van der Waals surface area contributed by atoms with Crippen LogP contribution in [0.3, 0.4) is 0 Å². The minimum absolute atomic E-state index is 0.161. The Morgan fingerprint density at radius 3 is 2.40 bits per heavy atom. The molecule has 8 heteroatoms. The number of sulfone groups is 1. The third-order valence-electron chi connectivity index (χ3n) is 3.90. The van der Waals surface area contributed by atoms with Gasteiger partial charge in [0, 0.05) is 30.3 Å². The average molecular weight is 366 g/mol. The van der Waals surface area contributed by atoms with Gasteiger partial charge in [-0.3, -0.25) is 10.1 Å². The van der Waals surface area contributed by atoms with Crippen molar-refractivity contribution in [3.8, 4) is 0 Å². The Labute approximate surface area is 145 Å². The SMILES string of the molecule is CC(C)(CNc1ccc([N+](=O)[O-])cc1S(C)(=O)=O)c1ccccc1F. The molecule has 0 saturated heterocycles. The van der Waals surface area contributed by atoms with Crippen molar-refractivity contribution < 1.29 is 17.7 Å². The van der Waals surface area contributed by atoms with E-state index in [4.69, 9.17) is 0 Å². The Kier molecular flexibility index (Phi) is 5.12. The molecule has 0 aliphatic carbocycles. The molecule has 2 rings (SSSR count). The van der Waals surface area contributed by atoms with Gasteiger partial charge in [-0.1, -0.05) is 32.0 Å². The summed E-state index contributed by atoms with van der Waals surface area (Å²) in [5.74, 6) is -0.346. The van der Waals surface area contributed by atoms with Crippen molar-refractivity contribution in [3.63, 3.8) is 0 Å². The lowest BCUT2D eigenvalue weighted by Gasteiger charge is -2.27.